The van der Waals surface area contributed by atoms with Crippen LogP contribution in [0, 0.1) is 0 Å². The maximum atomic E-state index is 12.6. The van der Waals surface area contributed by atoms with Crippen LogP contribution in [0.5, 0.6) is 0 Å². The summed E-state index contributed by atoms with van der Waals surface area (Å²) in [6.45, 7) is 0. The number of amides is 1. The first-order valence-corrected chi connectivity index (χ1v) is 7.81. The maximum absolute atomic E-state index is 12.6. The molecule has 1 fully saturated rings. The van der Waals surface area contributed by atoms with Crippen LogP contribution in [0.2, 0.25) is 0 Å². The van der Waals surface area contributed by atoms with E-state index in [1.165, 1.54) is 11.3 Å². The molecule has 5 heteroatoms. The van der Waals surface area contributed by atoms with Crippen molar-refractivity contribution < 1.29 is 4.79 Å². The van der Waals surface area contributed by atoms with Crippen molar-refractivity contribution in [1.82, 2.24) is 9.88 Å². The van der Waals surface area contributed by atoms with Crippen LogP contribution in [-0.4, -0.2) is 28.9 Å². The van der Waals surface area contributed by atoms with Crippen molar-refractivity contribution >= 4 is 43.9 Å². The van der Waals surface area contributed by atoms with Gasteiger partial charge in [0.1, 0.15) is 4.88 Å². The number of hydrogen-bond acceptors (Lipinski definition) is 4. The number of para-hydroxylation sites is 1. The molecule has 3 aromatic rings. The quantitative estimate of drug-likeness (QED) is 0.789. The Bertz CT molecular complexity index is 866. The first kappa shape index (κ1) is 12.6. The molecule has 0 saturated heterocycles. The van der Waals surface area contributed by atoms with Gasteiger partial charge in [-0.25, -0.2) is 0 Å². The number of fused-ring (bicyclic) bond motifs is 3. The topological polar surface area (TPSA) is 59.2 Å². The largest absolute Gasteiger partial charge is 0.397 e. The van der Waals surface area contributed by atoms with Crippen LogP contribution in [0.4, 0.5) is 5.69 Å². The van der Waals surface area contributed by atoms with Gasteiger partial charge in [-0.2, -0.15) is 0 Å². The lowest BCUT2D eigenvalue weighted by atomic mass is 10.1. The van der Waals surface area contributed by atoms with Crippen LogP contribution in [0.25, 0.3) is 21.0 Å². The molecule has 0 unspecified atom stereocenters. The van der Waals surface area contributed by atoms with Crippen molar-refractivity contribution in [3.8, 4) is 0 Å². The molecular formula is C16H15N3OS. The fourth-order valence-electron chi connectivity index (χ4n) is 2.64. The number of nitrogen functional groups attached to an aromatic ring is 1. The fourth-order valence-corrected chi connectivity index (χ4v) is 3.85. The monoisotopic (exact) mass is 297 g/mol. The molecular weight excluding hydrogens is 282 g/mol. The van der Waals surface area contributed by atoms with Gasteiger partial charge in [-0.3, -0.25) is 9.78 Å². The van der Waals surface area contributed by atoms with Crippen molar-refractivity contribution in [2.75, 3.05) is 12.8 Å². The minimum absolute atomic E-state index is 0.0280. The number of nitrogens with zero attached hydrogens (tertiary/aromatic N) is 2. The van der Waals surface area contributed by atoms with Gasteiger partial charge in [-0.1, -0.05) is 18.2 Å². The van der Waals surface area contributed by atoms with Crippen LogP contribution in [-0.2, 0) is 0 Å². The summed E-state index contributed by atoms with van der Waals surface area (Å²) in [7, 11) is 1.86. The SMILES string of the molecule is CN(C(=O)c1sc2c(cnc3ccccc32)c1N)C1CC1. The van der Waals surface area contributed by atoms with Gasteiger partial charge in [0.2, 0.25) is 0 Å². The highest BCUT2D eigenvalue weighted by molar-refractivity contribution is 7.22. The van der Waals surface area contributed by atoms with E-state index in [9.17, 15) is 4.79 Å². The summed E-state index contributed by atoms with van der Waals surface area (Å²) in [6, 6.07) is 8.33. The Hall–Kier alpha value is -2.14. The van der Waals surface area contributed by atoms with Crippen LogP contribution < -0.4 is 5.73 Å². The van der Waals surface area contributed by atoms with E-state index in [1.54, 1.807) is 6.20 Å². The Kier molecular flexibility index (Phi) is 2.65. The molecule has 0 spiro atoms. The molecule has 1 saturated carbocycles. The Labute approximate surface area is 126 Å². The number of nitrogens with two attached hydrogens (primary N) is 1. The highest BCUT2D eigenvalue weighted by atomic mass is 32.1. The van der Waals surface area contributed by atoms with Gasteiger partial charge in [0.15, 0.2) is 0 Å². The Morgan fingerprint density at radius 1 is 1.33 bits per heavy atom. The number of carbonyl (C=O) groups excluding carboxylic acids is 1. The second-order valence-electron chi connectivity index (χ2n) is 5.51. The molecule has 2 N–H and O–H groups in total. The molecule has 106 valence electrons. The molecule has 1 aliphatic carbocycles. The Morgan fingerprint density at radius 2 is 2.10 bits per heavy atom. The molecule has 4 rings (SSSR count). The van der Waals surface area contributed by atoms with E-state index < -0.39 is 0 Å². The number of rotatable bonds is 2. The van der Waals surface area contributed by atoms with Crippen molar-refractivity contribution in [3.05, 3.63) is 35.3 Å². The van der Waals surface area contributed by atoms with Gasteiger partial charge in [0.05, 0.1) is 11.2 Å². The molecule has 1 amide bonds. The maximum Gasteiger partial charge on any atom is 0.266 e. The van der Waals surface area contributed by atoms with Crippen LogP contribution >= 0.6 is 11.3 Å². The predicted molar refractivity (Wildman–Crippen MR) is 86.7 cm³/mol. The summed E-state index contributed by atoms with van der Waals surface area (Å²) < 4.78 is 1.05. The lowest BCUT2D eigenvalue weighted by Gasteiger charge is -2.15. The lowest BCUT2D eigenvalue weighted by molar-refractivity contribution is 0.0791. The van der Waals surface area contributed by atoms with Crippen molar-refractivity contribution in [2.45, 2.75) is 18.9 Å². The van der Waals surface area contributed by atoms with E-state index in [2.05, 4.69) is 4.98 Å². The number of benzene rings is 1. The molecule has 0 atom stereocenters. The molecule has 1 aliphatic rings. The lowest BCUT2D eigenvalue weighted by Crippen LogP contribution is -2.28. The average Bonchev–Trinajstić information content (AvgIpc) is 3.30. The number of thiophene rings is 1. The summed E-state index contributed by atoms with van der Waals surface area (Å²) in [6.07, 6.45) is 3.96. The van der Waals surface area contributed by atoms with Crippen LogP contribution in [0.15, 0.2) is 30.5 Å². The molecule has 2 heterocycles. The molecule has 2 aromatic heterocycles. The molecule has 0 radical (unpaired) electrons. The zero-order valence-corrected chi connectivity index (χ0v) is 12.5. The van der Waals surface area contributed by atoms with Crippen molar-refractivity contribution in [3.63, 3.8) is 0 Å². The Balaban J connectivity index is 1.92. The number of aromatic nitrogens is 1. The standard InChI is InChI=1S/C16H15N3OS/c1-19(9-6-7-9)16(20)15-13(17)11-8-18-12-5-3-2-4-10(12)14(11)21-15/h2-5,8-9H,6-7,17H2,1H3. The summed E-state index contributed by atoms with van der Waals surface area (Å²) in [5.74, 6) is 0.0280. The third-order valence-corrected chi connectivity index (χ3v) is 5.32. The van der Waals surface area contributed by atoms with E-state index in [4.69, 9.17) is 5.73 Å². The highest BCUT2D eigenvalue weighted by Gasteiger charge is 2.32. The van der Waals surface area contributed by atoms with Crippen molar-refractivity contribution in [2.24, 2.45) is 0 Å². The minimum Gasteiger partial charge on any atom is -0.397 e. The Morgan fingerprint density at radius 3 is 2.86 bits per heavy atom. The fraction of sp³-hybridized carbons (Fsp3) is 0.250. The summed E-state index contributed by atoms with van der Waals surface area (Å²) >= 11 is 1.48. The molecule has 0 aliphatic heterocycles. The third kappa shape index (κ3) is 1.88. The number of pyridine rings is 1. The van der Waals surface area contributed by atoms with Gasteiger partial charge in [0, 0.05) is 34.8 Å². The van der Waals surface area contributed by atoms with E-state index in [0.29, 0.717) is 16.6 Å². The zero-order chi connectivity index (χ0) is 14.6. The first-order chi connectivity index (χ1) is 10.2. The molecule has 0 bridgehead atoms. The van der Waals surface area contributed by atoms with Crippen LogP contribution in [0.3, 0.4) is 0 Å². The first-order valence-electron chi connectivity index (χ1n) is 6.99. The molecule has 21 heavy (non-hydrogen) atoms. The smallest absolute Gasteiger partial charge is 0.266 e. The summed E-state index contributed by atoms with van der Waals surface area (Å²) in [5.41, 5.74) is 7.70. The number of anilines is 1. The molecule has 4 nitrogen and oxygen atoms in total. The van der Waals surface area contributed by atoms with E-state index in [1.807, 2.05) is 36.2 Å². The second kappa shape index (κ2) is 4.43. The van der Waals surface area contributed by atoms with E-state index >= 15 is 0 Å². The summed E-state index contributed by atoms with van der Waals surface area (Å²) in [4.78, 5) is 19.5. The van der Waals surface area contributed by atoms with Crippen LogP contribution in [0.1, 0.15) is 22.5 Å². The van der Waals surface area contributed by atoms with Crippen molar-refractivity contribution in [1.29, 1.82) is 0 Å². The van der Waals surface area contributed by atoms with E-state index in [-0.39, 0.29) is 5.91 Å². The number of hydrogen-bond donors (Lipinski definition) is 1. The van der Waals surface area contributed by atoms with Gasteiger partial charge < -0.3 is 10.6 Å². The summed E-state index contributed by atoms with van der Waals surface area (Å²) in [5, 5.41) is 1.94. The third-order valence-electron chi connectivity index (χ3n) is 4.07. The van der Waals surface area contributed by atoms with E-state index in [0.717, 1.165) is 33.8 Å². The normalized spacial score (nSPS) is 14.7. The average molecular weight is 297 g/mol. The van der Waals surface area contributed by atoms with Gasteiger partial charge in [-0.05, 0) is 18.9 Å². The molecule has 1 aromatic carbocycles. The van der Waals surface area contributed by atoms with Gasteiger partial charge in [-0.15, -0.1) is 11.3 Å². The highest BCUT2D eigenvalue weighted by Crippen LogP contribution is 2.39. The van der Waals surface area contributed by atoms with Gasteiger partial charge >= 0.3 is 0 Å². The van der Waals surface area contributed by atoms with Gasteiger partial charge in [0.25, 0.3) is 5.91 Å². The minimum atomic E-state index is 0.0280. The predicted octanol–water partition coefficient (Wildman–Crippen LogP) is 3.27. The number of carbonyl (C=O) groups is 1. The second-order valence-corrected chi connectivity index (χ2v) is 6.53. The zero-order valence-electron chi connectivity index (χ0n) is 11.7.